The number of benzene rings is 1. The Bertz CT molecular complexity index is 667. The van der Waals surface area contributed by atoms with Crippen molar-refractivity contribution in [1.82, 2.24) is 4.90 Å². The molecule has 20 heavy (non-hydrogen) atoms. The molecule has 100 valence electrons. The number of hydrogen-bond donors (Lipinski definition) is 0. The lowest BCUT2D eigenvalue weighted by Gasteiger charge is -2.26. The Kier molecular flexibility index (Phi) is 3.64. The summed E-state index contributed by atoms with van der Waals surface area (Å²) in [6.07, 6.45) is 1.04. The summed E-state index contributed by atoms with van der Waals surface area (Å²) >= 11 is 1.80. The van der Waals surface area contributed by atoms with E-state index in [0.717, 1.165) is 19.5 Å². The number of carbonyl (C=O) groups excluding carboxylic acids is 1. The summed E-state index contributed by atoms with van der Waals surface area (Å²) < 4.78 is 0. The number of nitrogens with zero attached hydrogens (tertiary/aromatic N) is 2. The van der Waals surface area contributed by atoms with Crippen LogP contribution < -0.4 is 0 Å². The van der Waals surface area contributed by atoms with Gasteiger partial charge in [-0.2, -0.15) is 5.26 Å². The second kappa shape index (κ2) is 5.58. The zero-order chi connectivity index (χ0) is 13.9. The van der Waals surface area contributed by atoms with Crippen LogP contribution in [0.1, 0.15) is 26.4 Å². The Morgan fingerprint density at radius 1 is 1.30 bits per heavy atom. The first-order valence-electron chi connectivity index (χ1n) is 6.57. The van der Waals surface area contributed by atoms with Gasteiger partial charge in [0.2, 0.25) is 0 Å². The average molecular weight is 282 g/mol. The number of rotatable bonds is 3. The SMILES string of the molecule is N#Cc1ccc(C(=O)CN2CCc3sccc3C2)cc1. The van der Waals surface area contributed by atoms with Crippen LogP contribution >= 0.6 is 11.3 Å². The van der Waals surface area contributed by atoms with E-state index in [2.05, 4.69) is 22.4 Å². The molecule has 0 saturated carbocycles. The number of Topliss-reactive ketones (excluding diaryl/α,β-unsaturated/α-hetero) is 1. The Morgan fingerprint density at radius 2 is 2.10 bits per heavy atom. The van der Waals surface area contributed by atoms with E-state index in [-0.39, 0.29) is 5.78 Å². The quantitative estimate of drug-likeness (QED) is 0.813. The molecule has 0 radical (unpaired) electrons. The first-order valence-corrected chi connectivity index (χ1v) is 7.45. The summed E-state index contributed by atoms with van der Waals surface area (Å²) in [5.74, 6) is 0.119. The Hall–Kier alpha value is -1.96. The molecule has 0 saturated heterocycles. The summed E-state index contributed by atoms with van der Waals surface area (Å²) in [5.41, 5.74) is 2.62. The van der Waals surface area contributed by atoms with Crippen LogP contribution in [-0.2, 0) is 13.0 Å². The summed E-state index contributed by atoms with van der Waals surface area (Å²) in [6.45, 7) is 2.25. The monoisotopic (exact) mass is 282 g/mol. The van der Waals surface area contributed by atoms with E-state index in [9.17, 15) is 4.79 Å². The van der Waals surface area contributed by atoms with Crippen molar-refractivity contribution in [2.75, 3.05) is 13.1 Å². The zero-order valence-corrected chi connectivity index (χ0v) is 11.8. The maximum absolute atomic E-state index is 12.2. The molecule has 0 unspecified atom stereocenters. The fourth-order valence-corrected chi connectivity index (χ4v) is 3.36. The number of hydrogen-bond acceptors (Lipinski definition) is 4. The molecular weight excluding hydrogens is 268 g/mol. The van der Waals surface area contributed by atoms with Crippen LogP contribution in [0.2, 0.25) is 0 Å². The molecule has 0 aliphatic carbocycles. The highest BCUT2D eigenvalue weighted by molar-refractivity contribution is 7.10. The Balaban J connectivity index is 1.66. The molecule has 4 heteroatoms. The maximum Gasteiger partial charge on any atom is 0.176 e. The lowest BCUT2D eigenvalue weighted by atomic mass is 10.1. The van der Waals surface area contributed by atoms with Crippen molar-refractivity contribution in [2.45, 2.75) is 13.0 Å². The van der Waals surface area contributed by atoms with Crippen LogP contribution in [-0.4, -0.2) is 23.8 Å². The van der Waals surface area contributed by atoms with Gasteiger partial charge in [0.05, 0.1) is 18.2 Å². The maximum atomic E-state index is 12.2. The van der Waals surface area contributed by atoms with E-state index in [1.807, 2.05) is 0 Å². The summed E-state index contributed by atoms with van der Waals surface area (Å²) in [4.78, 5) is 15.9. The highest BCUT2D eigenvalue weighted by atomic mass is 32.1. The third kappa shape index (κ3) is 2.64. The molecule has 2 heterocycles. The van der Waals surface area contributed by atoms with Gasteiger partial charge < -0.3 is 0 Å². The minimum Gasteiger partial charge on any atom is -0.293 e. The van der Waals surface area contributed by atoms with Gasteiger partial charge in [0.25, 0.3) is 0 Å². The fourth-order valence-electron chi connectivity index (χ4n) is 2.47. The molecule has 0 atom stereocenters. The van der Waals surface area contributed by atoms with Gasteiger partial charge in [-0.1, -0.05) is 12.1 Å². The number of ketones is 1. The molecule has 3 nitrogen and oxygen atoms in total. The van der Waals surface area contributed by atoms with E-state index in [1.165, 1.54) is 10.4 Å². The van der Waals surface area contributed by atoms with Crippen LogP contribution in [0.4, 0.5) is 0 Å². The first-order chi connectivity index (χ1) is 9.76. The fraction of sp³-hybridized carbons (Fsp3) is 0.250. The summed E-state index contributed by atoms with van der Waals surface area (Å²) in [6, 6.07) is 11.1. The minimum absolute atomic E-state index is 0.119. The minimum atomic E-state index is 0.119. The van der Waals surface area contributed by atoms with Crippen LogP contribution in [0, 0.1) is 11.3 Å². The molecule has 0 amide bonds. The van der Waals surface area contributed by atoms with Gasteiger partial charge in [0.15, 0.2) is 5.78 Å². The van der Waals surface area contributed by atoms with Gasteiger partial charge in [-0.15, -0.1) is 11.3 Å². The van der Waals surface area contributed by atoms with Crippen LogP contribution in [0.15, 0.2) is 35.7 Å². The van der Waals surface area contributed by atoms with Crippen LogP contribution in [0.25, 0.3) is 0 Å². The van der Waals surface area contributed by atoms with Crippen LogP contribution in [0.3, 0.4) is 0 Å². The molecule has 1 aliphatic heterocycles. The summed E-state index contributed by atoms with van der Waals surface area (Å²) in [5, 5.41) is 10.9. The molecule has 0 N–H and O–H groups in total. The van der Waals surface area contributed by atoms with Crippen molar-refractivity contribution in [2.24, 2.45) is 0 Å². The van der Waals surface area contributed by atoms with E-state index < -0.39 is 0 Å². The lowest BCUT2D eigenvalue weighted by molar-refractivity contribution is 0.0922. The predicted molar refractivity (Wildman–Crippen MR) is 78.8 cm³/mol. The molecule has 1 aromatic heterocycles. The molecule has 1 aromatic carbocycles. The van der Waals surface area contributed by atoms with Crippen molar-refractivity contribution in [3.8, 4) is 6.07 Å². The zero-order valence-electron chi connectivity index (χ0n) is 11.0. The smallest absolute Gasteiger partial charge is 0.176 e. The van der Waals surface area contributed by atoms with Gasteiger partial charge in [-0.25, -0.2) is 0 Å². The molecular formula is C16H14N2OS. The Labute approximate surface area is 122 Å². The van der Waals surface area contributed by atoms with Gasteiger partial charge in [-0.05, 0) is 35.6 Å². The number of fused-ring (bicyclic) bond motifs is 1. The average Bonchev–Trinajstić information content (AvgIpc) is 2.95. The molecule has 3 rings (SSSR count). The molecule has 1 aliphatic rings. The van der Waals surface area contributed by atoms with E-state index in [0.29, 0.717) is 17.7 Å². The normalized spacial score (nSPS) is 14.6. The van der Waals surface area contributed by atoms with Gasteiger partial charge in [-0.3, -0.25) is 9.69 Å². The van der Waals surface area contributed by atoms with Crippen molar-refractivity contribution in [3.05, 3.63) is 57.3 Å². The van der Waals surface area contributed by atoms with Gasteiger partial charge in [0, 0.05) is 23.5 Å². The standard InChI is InChI=1S/C16H14N2OS/c17-9-12-1-3-13(4-2-12)15(19)11-18-7-5-16-14(10-18)6-8-20-16/h1-4,6,8H,5,7,10-11H2. The third-order valence-electron chi connectivity index (χ3n) is 3.59. The third-order valence-corrected chi connectivity index (χ3v) is 4.61. The second-order valence-electron chi connectivity index (χ2n) is 4.94. The number of carbonyl (C=O) groups is 1. The van der Waals surface area contributed by atoms with E-state index in [1.54, 1.807) is 35.6 Å². The first kappa shape index (κ1) is 13.0. The van der Waals surface area contributed by atoms with Gasteiger partial charge >= 0.3 is 0 Å². The van der Waals surface area contributed by atoms with Crippen LogP contribution in [0.5, 0.6) is 0 Å². The topological polar surface area (TPSA) is 44.1 Å². The van der Waals surface area contributed by atoms with Gasteiger partial charge in [0.1, 0.15) is 0 Å². The number of thiophene rings is 1. The van der Waals surface area contributed by atoms with Crippen molar-refractivity contribution in [3.63, 3.8) is 0 Å². The highest BCUT2D eigenvalue weighted by Gasteiger charge is 2.19. The van der Waals surface area contributed by atoms with E-state index >= 15 is 0 Å². The van der Waals surface area contributed by atoms with E-state index in [4.69, 9.17) is 5.26 Å². The lowest BCUT2D eigenvalue weighted by Crippen LogP contribution is -2.34. The molecule has 0 fully saturated rings. The van der Waals surface area contributed by atoms with Crippen molar-refractivity contribution in [1.29, 1.82) is 5.26 Å². The van der Waals surface area contributed by atoms with Crippen molar-refractivity contribution >= 4 is 17.1 Å². The molecule has 2 aromatic rings. The molecule has 0 spiro atoms. The second-order valence-corrected chi connectivity index (χ2v) is 5.94. The largest absolute Gasteiger partial charge is 0.293 e. The Morgan fingerprint density at radius 3 is 2.85 bits per heavy atom. The highest BCUT2D eigenvalue weighted by Crippen LogP contribution is 2.24. The molecule has 0 bridgehead atoms. The summed E-state index contributed by atoms with van der Waals surface area (Å²) in [7, 11) is 0. The van der Waals surface area contributed by atoms with Crippen molar-refractivity contribution < 1.29 is 4.79 Å². The number of nitriles is 1. The predicted octanol–water partition coefficient (Wildman–Crippen LogP) is 2.86.